The van der Waals surface area contributed by atoms with E-state index in [1.807, 2.05) is 0 Å². The van der Waals surface area contributed by atoms with Gasteiger partial charge in [-0.2, -0.15) is 11.8 Å². The van der Waals surface area contributed by atoms with E-state index >= 15 is 0 Å². The van der Waals surface area contributed by atoms with Gasteiger partial charge >= 0.3 is 0 Å². The monoisotopic (exact) mass is 229 g/mol. The predicted octanol–water partition coefficient (Wildman–Crippen LogP) is 3.54. The van der Waals surface area contributed by atoms with Crippen LogP contribution in [0.2, 0.25) is 0 Å². The van der Waals surface area contributed by atoms with Crippen LogP contribution in [0.4, 0.5) is 0 Å². The molecule has 1 N–H and O–H groups in total. The Bertz CT molecular complexity index is 161. The highest BCUT2D eigenvalue weighted by molar-refractivity contribution is 7.99. The summed E-state index contributed by atoms with van der Waals surface area (Å²) in [4.78, 5) is 0. The van der Waals surface area contributed by atoms with Gasteiger partial charge in [0.15, 0.2) is 0 Å². The van der Waals surface area contributed by atoms with Gasteiger partial charge in [0, 0.05) is 6.04 Å². The Morgan fingerprint density at radius 3 is 2.80 bits per heavy atom. The summed E-state index contributed by atoms with van der Waals surface area (Å²) in [7, 11) is 0. The first kappa shape index (κ1) is 13.4. The van der Waals surface area contributed by atoms with Crippen LogP contribution < -0.4 is 5.32 Å². The van der Waals surface area contributed by atoms with Crippen molar-refractivity contribution in [1.82, 2.24) is 5.32 Å². The largest absolute Gasteiger partial charge is 0.314 e. The van der Waals surface area contributed by atoms with Gasteiger partial charge in [0.2, 0.25) is 0 Å². The van der Waals surface area contributed by atoms with Crippen LogP contribution in [0.25, 0.3) is 0 Å². The summed E-state index contributed by atoms with van der Waals surface area (Å²) in [6, 6.07) is 0.792. The predicted molar refractivity (Wildman–Crippen MR) is 71.6 cm³/mol. The quantitative estimate of drug-likeness (QED) is 0.699. The van der Waals surface area contributed by atoms with Gasteiger partial charge < -0.3 is 5.32 Å². The maximum atomic E-state index is 3.75. The molecular weight excluding hydrogens is 202 g/mol. The lowest BCUT2D eigenvalue weighted by Crippen LogP contribution is -2.41. The molecule has 90 valence electrons. The fourth-order valence-electron chi connectivity index (χ4n) is 2.48. The lowest BCUT2D eigenvalue weighted by Gasteiger charge is -2.34. The van der Waals surface area contributed by atoms with Crippen LogP contribution >= 0.6 is 11.8 Å². The third-order valence-electron chi connectivity index (χ3n) is 3.78. The molecule has 0 radical (unpaired) electrons. The summed E-state index contributed by atoms with van der Waals surface area (Å²) in [5, 5.41) is 3.75. The van der Waals surface area contributed by atoms with Gasteiger partial charge in [-0.1, -0.05) is 33.6 Å². The van der Waals surface area contributed by atoms with Crippen LogP contribution in [0.15, 0.2) is 0 Å². The minimum Gasteiger partial charge on any atom is -0.314 e. The van der Waals surface area contributed by atoms with E-state index in [4.69, 9.17) is 0 Å². The third kappa shape index (κ3) is 4.78. The second kappa shape index (κ2) is 7.56. The van der Waals surface area contributed by atoms with Crippen molar-refractivity contribution in [1.29, 1.82) is 0 Å². The van der Waals surface area contributed by atoms with Crippen molar-refractivity contribution < 1.29 is 0 Å². The average Bonchev–Trinajstić information content (AvgIpc) is 2.24. The Kier molecular flexibility index (Phi) is 6.74. The van der Waals surface area contributed by atoms with E-state index in [9.17, 15) is 0 Å². The summed E-state index contributed by atoms with van der Waals surface area (Å²) >= 11 is 2.06. The number of hydrogen-bond donors (Lipinski definition) is 1. The van der Waals surface area contributed by atoms with E-state index in [1.165, 1.54) is 43.7 Å². The van der Waals surface area contributed by atoms with Crippen LogP contribution in [-0.4, -0.2) is 24.1 Å². The van der Waals surface area contributed by atoms with Gasteiger partial charge in [-0.05, 0) is 42.7 Å². The zero-order valence-corrected chi connectivity index (χ0v) is 11.4. The standard InChI is InChI=1S/C13H27NS/c1-4-15-10-6-9-14-13-8-5-7-11(2)12(13)3/h11-14H,4-10H2,1-3H3. The zero-order valence-electron chi connectivity index (χ0n) is 10.6. The number of thioether (sulfide) groups is 1. The highest BCUT2D eigenvalue weighted by Gasteiger charge is 2.25. The first-order valence-electron chi connectivity index (χ1n) is 6.56. The Labute approximate surface area is 99.8 Å². The topological polar surface area (TPSA) is 12.0 Å². The van der Waals surface area contributed by atoms with Gasteiger partial charge in [0.25, 0.3) is 0 Å². The molecular formula is C13H27NS. The Balaban J connectivity index is 2.09. The normalized spacial score (nSPS) is 31.8. The number of hydrogen-bond acceptors (Lipinski definition) is 2. The fourth-order valence-corrected chi connectivity index (χ4v) is 3.11. The first-order valence-corrected chi connectivity index (χ1v) is 7.72. The maximum absolute atomic E-state index is 3.75. The molecule has 1 rings (SSSR count). The second-order valence-electron chi connectivity index (χ2n) is 4.88. The van der Waals surface area contributed by atoms with E-state index in [2.05, 4.69) is 37.8 Å². The van der Waals surface area contributed by atoms with Crippen molar-refractivity contribution in [2.45, 2.75) is 52.5 Å². The molecule has 0 aromatic heterocycles. The Morgan fingerprint density at radius 1 is 1.27 bits per heavy atom. The van der Waals surface area contributed by atoms with E-state index < -0.39 is 0 Å². The van der Waals surface area contributed by atoms with Crippen molar-refractivity contribution in [3.63, 3.8) is 0 Å². The average molecular weight is 229 g/mol. The molecule has 3 atom stereocenters. The van der Waals surface area contributed by atoms with Crippen molar-refractivity contribution >= 4 is 11.8 Å². The van der Waals surface area contributed by atoms with Gasteiger partial charge in [-0.3, -0.25) is 0 Å². The molecule has 1 nitrogen and oxygen atoms in total. The van der Waals surface area contributed by atoms with Crippen LogP contribution in [0.1, 0.15) is 46.5 Å². The molecule has 0 spiro atoms. The third-order valence-corrected chi connectivity index (χ3v) is 4.77. The molecule has 0 amide bonds. The lowest BCUT2D eigenvalue weighted by atomic mass is 9.78. The van der Waals surface area contributed by atoms with E-state index in [0.29, 0.717) is 0 Å². The molecule has 0 aliphatic heterocycles. The van der Waals surface area contributed by atoms with E-state index in [0.717, 1.165) is 17.9 Å². The van der Waals surface area contributed by atoms with E-state index in [-0.39, 0.29) is 0 Å². The minimum atomic E-state index is 0.792. The molecule has 0 saturated heterocycles. The molecule has 15 heavy (non-hydrogen) atoms. The van der Waals surface area contributed by atoms with E-state index in [1.54, 1.807) is 0 Å². The molecule has 1 aliphatic rings. The maximum Gasteiger partial charge on any atom is 0.00952 e. The molecule has 1 fully saturated rings. The lowest BCUT2D eigenvalue weighted by molar-refractivity contribution is 0.207. The van der Waals surface area contributed by atoms with Crippen molar-refractivity contribution in [2.24, 2.45) is 11.8 Å². The zero-order chi connectivity index (χ0) is 11.1. The molecule has 1 aliphatic carbocycles. The molecule has 2 heteroatoms. The molecule has 0 aromatic rings. The van der Waals surface area contributed by atoms with Crippen molar-refractivity contribution in [3.05, 3.63) is 0 Å². The summed E-state index contributed by atoms with van der Waals surface area (Å²) in [6.45, 7) is 8.28. The van der Waals surface area contributed by atoms with Crippen molar-refractivity contribution in [2.75, 3.05) is 18.1 Å². The first-order chi connectivity index (χ1) is 7.25. The van der Waals surface area contributed by atoms with Gasteiger partial charge in [-0.25, -0.2) is 0 Å². The van der Waals surface area contributed by atoms with Gasteiger partial charge in [0.05, 0.1) is 0 Å². The molecule has 0 heterocycles. The highest BCUT2D eigenvalue weighted by Crippen LogP contribution is 2.29. The summed E-state index contributed by atoms with van der Waals surface area (Å²) in [6.07, 6.45) is 5.58. The molecule has 0 bridgehead atoms. The molecule has 3 unspecified atom stereocenters. The molecule has 1 saturated carbocycles. The van der Waals surface area contributed by atoms with Crippen LogP contribution in [0.5, 0.6) is 0 Å². The van der Waals surface area contributed by atoms with Gasteiger partial charge in [-0.15, -0.1) is 0 Å². The fraction of sp³-hybridized carbons (Fsp3) is 1.00. The van der Waals surface area contributed by atoms with Crippen LogP contribution in [0, 0.1) is 11.8 Å². The summed E-state index contributed by atoms with van der Waals surface area (Å²) in [5.41, 5.74) is 0. The van der Waals surface area contributed by atoms with Crippen LogP contribution in [-0.2, 0) is 0 Å². The number of nitrogens with one attached hydrogen (secondary N) is 1. The SMILES string of the molecule is CCSCCCNC1CCCC(C)C1C. The number of rotatable bonds is 6. The Hall–Kier alpha value is 0.310. The molecule has 0 aromatic carbocycles. The second-order valence-corrected chi connectivity index (χ2v) is 6.27. The highest BCUT2D eigenvalue weighted by atomic mass is 32.2. The van der Waals surface area contributed by atoms with Crippen LogP contribution in [0.3, 0.4) is 0 Å². The Morgan fingerprint density at radius 2 is 2.07 bits per heavy atom. The van der Waals surface area contributed by atoms with Crippen molar-refractivity contribution in [3.8, 4) is 0 Å². The summed E-state index contributed by atoms with van der Waals surface area (Å²) in [5.74, 6) is 4.37. The van der Waals surface area contributed by atoms with Gasteiger partial charge in [0.1, 0.15) is 0 Å². The summed E-state index contributed by atoms with van der Waals surface area (Å²) < 4.78 is 0. The smallest absolute Gasteiger partial charge is 0.00952 e. The minimum absolute atomic E-state index is 0.792.